The summed E-state index contributed by atoms with van der Waals surface area (Å²) in [6.07, 6.45) is 0. The monoisotopic (exact) mass is 425 g/mol. The van der Waals surface area contributed by atoms with Crippen molar-refractivity contribution in [3.05, 3.63) is 102 Å². The zero-order valence-electron chi connectivity index (χ0n) is 17.9. The van der Waals surface area contributed by atoms with E-state index >= 15 is 0 Å². The van der Waals surface area contributed by atoms with Crippen LogP contribution >= 0.6 is 0 Å². The smallest absolute Gasteiger partial charge is 0.236 e. The minimum atomic E-state index is -0.436. The van der Waals surface area contributed by atoms with Crippen LogP contribution in [0.1, 0.15) is 17.0 Å². The Morgan fingerprint density at radius 2 is 1.31 bits per heavy atom. The zero-order valence-corrected chi connectivity index (χ0v) is 17.9. The number of anilines is 1. The highest BCUT2D eigenvalue weighted by atomic mass is 16.5. The maximum absolute atomic E-state index is 13.4. The first-order chi connectivity index (χ1) is 15.7. The predicted octanol–water partition coefficient (Wildman–Crippen LogP) is 4.93. The number of hydrogen-bond donors (Lipinski definition) is 1. The number of amides is 1. The van der Waals surface area contributed by atoms with Gasteiger partial charge in [0.25, 0.3) is 0 Å². The molecule has 3 aromatic carbocycles. The first kappa shape index (κ1) is 21.1. The molecule has 0 aliphatic heterocycles. The second kappa shape index (κ2) is 9.75. The second-order valence-electron chi connectivity index (χ2n) is 7.10. The number of hydrogen-bond acceptors (Lipinski definition) is 5. The third-order valence-electron chi connectivity index (χ3n) is 5.01. The van der Waals surface area contributed by atoms with E-state index in [2.05, 4.69) is 15.3 Å². The molecule has 1 aromatic heterocycles. The Bertz CT molecular complexity index is 1140. The van der Waals surface area contributed by atoms with Crippen molar-refractivity contribution in [2.24, 2.45) is 0 Å². The molecule has 1 N–H and O–H groups in total. The molecular formula is C26H23N3O3. The summed E-state index contributed by atoms with van der Waals surface area (Å²) in [6, 6.07) is 28.5. The molecule has 6 heteroatoms. The van der Waals surface area contributed by atoms with Crippen molar-refractivity contribution in [2.45, 2.75) is 5.92 Å². The van der Waals surface area contributed by atoms with Crippen molar-refractivity contribution < 1.29 is 14.3 Å². The van der Waals surface area contributed by atoms with E-state index in [1.54, 1.807) is 6.07 Å². The molecule has 0 fully saturated rings. The van der Waals surface area contributed by atoms with Gasteiger partial charge in [0.15, 0.2) is 5.82 Å². The first-order valence-electron chi connectivity index (χ1n) is 10.2. The Labute approximate surface area is 186 Å². The number of nitrogens with zero attached hydrogens (tertiary/aromatic N) is 2. The fraction of sp³-hybridized carbons (Fsp3) is 0.115. The third kappa shape index (κ3) is 4.75. The Kier molecular flexibility index (Phi) is 6.41. The molecule has 0 bridgehead atoms. The van der Waals surface area contributed by atoms with Crippen molar-refractivity contribution in [1.29, 1.82) is 0 Å². The summed E-state index contributed by atoms with van der Waals surface area (Å²) in [4.78, 5) is 22.2. The number of benzene rings is 3. The molecule has 160 valence electrons. The fourth-order valence-electron chi connectivity index (χ4n) is 3.48. The van der Waals surface area contributed by atoms with Crippen LogP contribution < -0.4 is 14.8 Å². The van der Waals surface area contributed by atoms with Crippen LogP contribution in [0.15, 0.2) is 91.0 Å². The summed E-state index contributed by atoms with van der Waals surface area (Å²) in [5, 5.41) is 3.05. The SMILES string of the molecule is COc1cc(OC)nc(-c2cccc(NC(=O)C(c3ccccc3)c3ccccc3)c2)n1. The average molecular weight is 425 g/mol. The molecule has 0 saturated heterocycles. The highest BCUT2D eigenvalue weighted by molar-refractivity contribution is 5.98. The summed E-state index contributed by atoms with van der Waals surface area (Å²) >= 11 is 0. The number of rotatable bonds is 7. The van der Waals surface area contributed by atoms with Crippen molar-refractivity contribution in [1.82, 2.24) is 9.97 Å². The number of carbonyl (C=O) groups is 1. The molecule has 4 rings (SSSR count). The van der Waals surface area contributed by atoms with Crippen LogP contribution in [0.3, 0.4) is 0 Å². The van der Waals surface area contributed by atoms with Crippen molar-refractivity contribution in [3.8, 4) is 23.1 Å². The van der Waals surface area contributed by atoms with E-state index in [-0.39, 0.29) is 5.91 Å². The Balaban J connectivity index is 1.65. The van der Waals surface area contributed by atoms with Gasteiger partial charge in [-0.3, -0.25) is 4.79 Å². The largest absolute Gasteiger partial charge is 0.481 e. The third-order valence-corrected chi connectivity index (χ3v) is 5.01. The minimum absolute atomic E-state index is 0.122. The first-order valence-corrected chi connectivity index (χ1v) is 10.2. The van der Waals surface area contributed by atoms with E-state index in [1.165, 1.54) is 14.2 Å². The van der Waals surface area contributed by atoms with E-state index in [0.717, 1.165) is 16.7 Å². The Hall–Kier alpha value is -4.19. The molecule has 0 atom stereocenters. The van der Waals surface area contributed by atoms with Gasteiger partial charge >= 0.3 is 0 Å². The lowest BCUT2D eigenvalue weighted by atomic mass is 9.90. The number of ether oxygens (including phenoxy) is 2. The number of carbonyl (C=O) groups excluding carboxylic acids is 1. The molecule has 4 aromatic rings. The van der Waals surface area contributed by atoms with Crippen LogP contribution in [-0.4, -0.2) is 30.1 Å². The van der Waals surface area contributed by atoms with Crippen LogP contribution in [0.25, 0.3) is 11.4 Å². The zero-order chi connectivity index (χ0) is 22.3. The summed E-state index contributed by atoms with van der Waals surface area (Å²) in [5.41, 5.74) is 3.23. The highest BCUT2D eigenvalue weighted by Crippen LogP contribution is 2.28. The van der Waals surface area contributed by atoms with Crippen LogP contribution in [0, 0.1) is 0 Å². The summed E-state index contributed by atoms with van der Waals surface area (Å²) in [5.74, 6) is 0.682. The van der Waals surface area contributed by atoms with Crippen LogP contribution in [0.5, 0.6) is 11.8 Å². The highest BCUT2D eigenvalue weighted by Gasteiger charge is 2.22. The molecule has 6 nitrogen and oxygen atoms in total. The van der Waals surface area contributed by atoms with Gasteiger partial charge in [0.2, 0.25) is 17.7 Å². The van der Waals surface area contributed by atoms with Gasteiger partial charge in [-0.05, 0) is 23.3 Å². The number of aromatic nitrogens is 2. The molecule has 0 saturated carbocycles. The molecule has 0 aliphatic rings. The van der Waals surface area contributed by atoms with Gasteiger partial charge in [-0.15, -0.1) is 0 Å². The molecular weight excluding hydrogens is 402 g/mol. The van der Waals surface area contributed by atoms with Crippen molar-refractivity contribution >= 4 is 11.6 Å². The maximum atomic E-state index is 13.4. The van der Waals surface area contributed by atoms with E-state index in [1.807, 2.05) is 84.9 Å². The lowest BCUT2D eigenvalue weighted by molar-refractivity contribution is -0.116. The average Bonchev–Trinajstić information content (AvgIpc) is 2.85. The van der Waals surface area contributed by atoms with Crippen LogP contribution in [-0.2, 0) is 4.79 Å². The summed E-state index contributed by atoms with van der Waals surface area (Å²) in [7, 11) is 3.07. The second-order valence-corrected chi connectivity index (χ2v) is 7.10. The molecule has 1 heterocycles. The van der Waals surface area contributed by atoms with Gasteiger partial charge < -0.3 is 14.8 Å². The van der Waals surface area contributed by atoms with Gasteiger partial charge in [0.1, 0.15) is 0 Å². The molecule has 1 amide bonds. The van der Waals surface area contributed by atoms with Gasteiger partial charge in [-0.2, -0.15) is 9.97 Å². The van der Waals surface area contributed by atoms with E-state index in [9.17, 15) is 4.79 Å². The molecule has 0 radical (unpaired) electrons. The standard InChI is InChI=1S/C26H23N3O3/c1-31-22-17-23(32-2)29-25(28-22)20-14-9-15-21(16-20)27-26(30)24(18-10-5-3-6-11-18)19-12-7-4-8-13-19/h3-17,24H,1-2H3,(H,27,30). The molecule has 0 spiro atoms. The summed E-state index contributed by atoms with van der Waals surface area (Å²) < 4.78 is 10.5. The quantitative estimate of drug-likeness (QED) is 0.454. The van der Waals surface area contributed by atoms with E-state index in [4.69, 9.17) is 9.47 Å². The molecule has 32 heavy (non-hydrogen) atoms. The summed E-state index contributed by atoms with van der Waals surface area (Å²) in [6.45, 7) is 0. The van der Waals surface area contributed by atoms with Gasteiger partial charge in [-0.1, -0.05) is 72.8 Å². The van der Waals surface area contributed by atoms with Gasteiger partial charge in [0, 0.05) is 11.3 Å². The number of methoxy groups -OCH3 is 2. The Morgan fingerprint density at radius 3 is 1.84 bits per heavy atom. The van der Waals surface area contributed by atoms with Gasteiger partial charge in [-0.25, -0.2) is 0 Å². The fourth-order valence-corrected chi connectivity index (χ4v) is 3.48. The van der Waals surface area contributed by atoms with E-state index in [0.29, 0.717) is 23.3 Å². The lowest BCUT2D eigenvalue weighted by Crippen LogP contribution is -2.22. The lowest BCUT2D eigenvalue weighted by Gasteiger charge is -2.18. The minimum Gasteiger partial charge on any atom is -0.481 e. The van der Waals surface area contributed by atoms with Crippen molar-refractivity contribution in [2.75, 3.05) is 19.5 Å². The maximum Gasteiger partial charge on any atom is 0.236 e. The predicted molar refractivity (Wildman–Crippen MR) is 124 cm³/mol. The molecule has 0 unspecified atom stereocenters. The van der Waals surface area contributed by atoms with Crippen LogP contribution in [0.2, 0.25) is 0 Å². The Morgan fingerprint density at radius 1 is 0.750 bits per heavy atom. The molecule has 0 aliphatic carbocycles. The van der Waals surface area contributed by atoms with E-state index < -0.39 is 5.92 Å². The topological polar surface area (TPSA) is 73.3 Å². The van der Waals surface area contributed by atoms with Gasteiger partial charge in [0.05, 0.1) is 26.2 Å². The van der Waals surface area contributed by atoms with Crippen molar-refractivity contribution in [3.63, 3.8) is 0 Å². The number of nitrogens with one attached hydrogen (secondary N) is 1. The van der Waals surface area contributed by atoms with Crippen LogP contribution in [0.4, 0.5) is 5.69 Å². The normalized spacial score (nSPS) is 10.6.